The van der Waals surface area contributed by atoms with Gasteiger partial charge >= 0.3 is 6.09 Å². The Bertz CT molecular complexity index is 872. The zero-order chi connectivity index (χ0) is 23.5. The molecule has 2 amide bonds. The third kappa shape index (κ3) is 4.97. The predicted octanol–water partition coefficient (Wildman–Crippen LogP) is 4.28. The maximum Gasteiger partial charge on any atom is 0.417 e. The summed E-state index contributed by atoms with van der Waals surface area (Å²) in [7, 11) is 0. The monoisotopic (exact) mass is 441 g/mol. The van der Waals surface area contributed by atoms with Crippen molar-refractivity contribution >= 4 is 12.0 Å². The number of benzene rings is 1. The highest BCUT2D eigenvalue weighted by molar-refractivity contribution is 6.00. The quantitative estimate of drug-likeness (QED) is 0.505. The second-order valence-corrected chi connectivity index (χ2v) is 9.82. The van der Waals surface area contributed by atoms with Crippen molar-refractivity contribution in [1.29, 1.82) is 0 Å². The van der Waals surface area contributed by atoms with Crippen molar-refractivity contribution in [2.24, 2.45) is 11.8 Å². The summed E-state index contributed by atoms with van der Waals surface area (Å²) in [6.45, 7) is 11.8. The standard InChI is InChI=1S/C26H35NO5/c1-6-13-31-14-12-20-15-18(2)16-21-22(17-19-10-8-7-9-11-19)27(23(28)26(20,21)30)24(29)32-25(3,4)5/h6-11,15,20-22,30H,1,12-14,16-17H2,2-5H3/t20-,21-,22-,26+/m0/s1. The molecule has 1 aromatic rings. The fourth-order valence-electron chi connectivity index (χ4n) is 4.88. The number of amides is 2. The third-order valence-electron chi connectivity index (χ3n) is 6.20. The Morgan fingerprint density at radius 2 is 2.00 bits per heavy atom. The van der Waals surface area contributed by atoms with Crippen LogP contribution in [0.15, 0.2) is 54.6 Å². The highest BCUT2D eigenvalue weighted by Crippen LogP contribution is 2.49. The fraction of sp³-hybridized carbons (Fsp3) is 0.538. The van der Waals surface area contributed by atoms with Gasteiger partial charge in [-0.25, -0.2) is 9.69 Å². The molecule has 1 heterocycles. The van der Waals surface area contributed by atoms with E-state index in [0.717, 1.165) is 11.1 Å². The summed E-state index contributed by atoms with van der Waals surface area (Å²) >= 11 is 0. The van der Waals surface area contributed by atoms with Crippen molar-refractivity contribution in [1.82, 2.24) is 4.90 Å². The van der Waals surface area contributed by atoms with E-state index in [-0.39, 0.29) is 0 Å². The van der Waals surface area contributed by atoms with E-state index < -0.39 is 41.1 Å². The minimum Gasteiger partial charge on any atom is -0.443 e. The SMILES string of the molecule is C=CCOCC[C@H]1C=C(C)C[C@H]2[C@H](Cc3ccccc3)N(C(=O)OC(C)(C)C)C(=O)[C@@]12O. The minimum absolute atomic E-state index is 0.387. The Morgan fingerprint density at radius 3 is 2.62 bits per heavy atom. The van der Waals surface area contributed by atoms with Crippen molar-refractivity contribution in [3.05, 3.63) is 60.2 Å². The first kappa shape index (κ1) is 24.2. The molecule has 1 saturated heterocycles. The molecule has 0 aromatic heterocycles. The normalized spacial score (nSPS) is 27.7. The average molecular weight is 442 g/mol. The molecule has 174 valence electrons. The van der Waals surface area contributed by atoms with E-state index in [2.05, 4.69) is 6.58 Å². The molecule has 3 rings (SSSR count). The van der Waals surface area contributed by atoms with Crippen LogP contribution in [0.2, 0.25) is 0 Å². The van der Waals surface area contributed by atoms with Crippen LogP contribution in [-0.4, -0.2) is 52.5 Å². The first-order valence-electron chi connectivity index (χ1n) is 11.3. The number of imide groups is 1. The number of allylic oxidation sites excluding steroid dienone is 1. The van der Waals surface area contributed by atoms with Crippen LogP contribution in [0.1, 0.15) is 46.1 Å². The van der Waals surface area contributed by atoms with E-state index in [9.17, 15) is 14.7 Å². The molecule has 0 unspecified atom stereocenters. The van der Waals surface area contributed by atoms with Gasteiger partial charge in [-0.05, 0) is 52.5 Å². The molecule has 0 bridgehead atoms. The number of fused-ring (bicyclic) bond motifs is 1. The lowest BCUT2D eigenvalue weighted by atomic mass is 9.67. The summed E-state index contributed by atoms with van der Waals surface area (Å²) < 4.78 is 11.1. The van der Waals surface area contributed by atoms with Crippen molar-refractivity contribution in [2.45, 2.75) is 64.2 Å². The number of rotatable bonds is 7. The minimum atomic E-state index is -1.67. The lowest BCUT2D eigenvalue weighted by Gasteiger charge is -2.39. The van der Waals surface area contributed by atoms with Crippen molar-refractivity contribution in [3.8, 4) is 0 Å². The van der Waals surface area contributed by atoms with E-state index in [0.29, 0.717) is 32.5 Å². The van der Waals surface area contributed by atoms with Gasteiger partial charge in [-0.15, -0.1) is 6.58 Å². The summed E-state index contributed by atoms with van der Waals surface area (Å²) in [6, 6.07) is 9.25. The molecule has 4 atom stereocenters. The number of nitrogens with zero attached hydrogens (tertiary/aromatic N) is 1. The summed E-state index contributed by atoms with van der Waals surface area (Å²) in [5.41, 5.74) is -0.323. The molecule has 1 aliphatic heterocycles. The molecule has 0 saturated carbocycles. The number of hydrogen-bond acceptors (Lipinski definition) is 5. The third-order valence-corrected chi connectivity index (χ3v) is 6.20. The highest BCUT2D eigenvalue weighted by atomic mass is 16.6. The fourth-order valence-corrected chi connectivity index (χ4v) is 4.88. The van der Waals surface area contributed by atoms with Crippen LogP contribution >= 0.6 is 0 Å². The Hall–Kier alpha value is -2.44. The molecule has 6 nitrogen and oxygen atoms in total. The van der Waals surface area contributed by atoms with Crippen LogP contribution in [0.25, 0.3) is 0 Å². The van der Waals surface area contributed by atoms with E-state index in [1.807, 2.05) is 43.3 Å². The Labute approximate surface area is 190 Å². The second kappa shape index (κ2) is 9.59. The van der Waals surface area contributed by atoms with Gasteiger partial charge in [0.2, 0.25) is 0 Å². The second-order valence-electron chi connectivity index (χ2n) is 9.82. The molecular weight excluding hydrogens is 406 g/mol. The summed E-state index contributed by atoms with van der Waals surface area (Å²) in [5.74, 6) is -1.43. The number of likely N-dealkylation sites (tertiary alicyclic amines) is 1. The smallest absolute Gasteiger partial charge is 0.417 e. The maximum atomic E-state index is 13.7. The van der Waals surface area contributed by atoms with Gasteiger partial charge in [-0.2, -0.15) is 0 Å². The molecule has 0 spiro atoms. The maximum absolute atomic E-state index is 13.7. The first-order valence-corrected chi connectivity index (χ1v) is 11.3. The number of aliphatic hydroxyl groups is 1. The molecule has 1 fully saturated rings. The molecule has 1 N–H and O–H groups in total. The lowest BCUT2D eigenvalue weighted by Crippen LogP contribution is -2.52. The van der Waals surface area contributed by atoms with Crippen molar-refractivity contribution in [3.63, 3.8) is 0 Å². The van der Waals surface area contributed by atoms with E-state index >= 15 is 0 Å². The molecular formula is C26H35NO5. The van der Waals surface area contributed by atoms with Gasteiger partial charge in [0.25, 0.3) is 5.91 Å². The van der Waals surface area contributed by atoms with Crippen LogP contribution in [0.5, 0.6) is 0 Å². The molecule has 6 heteroatoms. The Morgan fingerprint density at radius 1 is 1.31 bits per heavy atom. The number of ether oxygens (including phenoxy) is 2. The summed E-state index contributed by atoms with van der Waals surface area (Å²) in [5, 5.41) is 11.9. The average Bonchev–Trinajstić information content (AvgIpc) is 2.92. The zero-order valence-electron chi connectivity index (χ0n) is 19.5. The van der Waals surface area contributed by atoms with Gasteiger partial charge < -0.3 is 14.6 Å². The van der Waals surface area contributed by atoms with Crippen LogP contribution < -0.4 is 0 Å². The van der Waals surface area contributed by atoms with E-state index in [4.69, 9.17) is 9.47 Å². The molecule has 2 aliphatic rings. The lowest BCUT2D eigenvalue weighted by molar-refractivity contribution is -0.150. The van der Waals surface area contributed by atoms with Gasteiger partial charge in [-0.1, -0.05) is 48.1 Å². The molecule has 32 heavy (non-hydrogen) atoms. The summed E-state index contributed by atoms with van der Waals surface area (Å²) in [6.07, 6.45) is 4.41. The number of hydrogen-bond donors (Lipinski definition) is 1. The topological polar surface area (TPSA) is 76.1 Å². The first-order chi connectivity index (χ1) is 15.1. The molecule has 1 aliphatic carbocycles. The number of carbonyl (C=O) groups is 2. The van der Waals surface area contributed by atoms with Gasteiger partial charge in [-0.3, -0.25) is 4.79 Å². The largest absolute Gasteiger partial charge is 0.443 e. The van der Waals surface area contributed by atoms with E-state index in [1.165, 1.54) is 4.90 Å². The Balaban J connectivity index is 1.97. The van der Waals surface area contributed by atoms with Gasteiger partial charge in [0, 0.05) is 18.4 Å². The highest BCUT2D eigenvalue weighted by Gasteiger charge is 2.64. The van der Waals surface area contributed by atoms with Crippen molar-refractivity contribution < 1.29 is 24.2 Å². The molecule has 1 aromatic carbocycles. The van der Waals surface area contributed by atoms with Crippen LogP contribution in [0.4, 0.5) is 4.79 Å². The zero-order valence-corrected chi connectivity index (χ0v) is 19.5. The number of carbonyl (C=O) groups excluding carboxylic acids is 2. The van der Waals surface area contributed by atoms with Gasteiger partial charge in [0.1, 0.15) is 5.60 Å². The van der Waals surface area contributed by atoms with Crippen molar-refractivity contribution in [2.75, 3.05) is 13.2 Å². The van der Waals surface area contributed by atoms with Gasteiger partial charge in [0.15, 0.2) is 5.60 Å². The molecule has 0 radical (unpaired) electrons. The van der Waals surface area contributed by atoms with Crippen LogP contribution in [-0.2, 0) is 20.7 Å². The van der Waals surface area contributed by atoms with Gasteiger partial charge in [0.05, 0.1) is 12.6 Å². The Kier molecular flexibility index (Phi) is 7.25. The van der Waals surface area contributed by atoms with Crippen LogP contribution in [0.3, 0.4) is 0 Å². The predicted molar refractivity (Wildman–Crippen MR) is 123 cm³/mol. The van der Waals surface area contributed by atoms with Crippen LogP contribution in [0, 0.1) is 11.8 Å². The van der Waals surface area contributed by atoms with E-state index in [1.54, 1.807) is 26.8 Å². The summed E-state index contributed by atoms with van der Waals surface area (Å²) in [4.78, 5) is 28.0.